The molecule has 6 heteroatoms. The van der Waals surface area contributed by atoms with E-state index in [2.05, 4.69) is 11.7 Å². The minimum absolute atomic E-state index is 0.216. The normalized spacial score (nSPS) is 11.3. The van der Waals surface area contributed by atoms with E-state index in [9.17, 15) is 9.59 Å². The summed E-state index contributed by atoms with van der Waals surface area (Å²) in [5.41, 5.74) is 1.20. The molecule has 0 atom stereocenters. The van der Waals surface area contributed by atoms with Crippen molar-refractivity contribution < 1.29 is 0 Å². The smallest absolute Gasteiger partial charge is 0.279 e. The summed E-state index contributed by atoms with van der Waals surface area (Å²) in [5, 5.41) is 4.78. The Hall–Kier alpha value is -2.89. The molecule has 3 aromatic rings. The average Bonchev–Trinajstić information content (AvgIpc) is 2.98. The van der Waals surface area contributed by atoms with Gasteiger partial charge in [-0.05, 0) is 19.4 Å². The van der Waals surface area contributed by atoms with Gasteiger partial charge in [0.15, 0.2) is 5.65 Å². The molecule has 0 aliphatic carbocycles. The summed E-state index contributed by atoms with van der Waals surface area (Å²) in [5.74, 6) is 0. The Labute approximate surface area is 132 Å². The van der Waals surface area contributed by atoms with Crippen LogP contribution in [0.3, 0.4) is 0 Å². The van der Waals surface area contributed by atoms with E-state index in [-0.39, 0.29) is 17.3 Å². The van der Waals surface area contributed by atoms with Crippen LogP contribution in [0.15, 0.2) is 52.7 Å². The second-order valence-electron chi connectivity index (χ2n) is 5.73. The number of benzene rings is 1. The van der Waals surface area contributed by atoms with Gasteiger partial charge in [0.1, 0.15) is 5.39 Å². The van der Waals surface area contributed by atoms with E-state index in [0.717, 1.165) is 5.56 Å². The van der Waals surface area contributed by atoms with Gasteiger partial charge in [0.2, 0.25) is 0 Å². The lowest BCUT2D eigenvalue weighted by Crippen LogP contribution is -2.39. The van der Waals surface area contributed by atoms with Crippen LogP contribution < -0.4 is 11.2 Å². The first-order chi connectivity index (χ1) is 10.9. The highest BCUT2D eigenvalue weighted by Crippen LogP contribution is 2.16. The van der Waals surface area contributed by atoms with Crippen molar-refractivity contribution in [3.63, 3.8) is 0 Å². The second-order valence-corrected chi connectivity index (χ2v) is 5.73. The highest BCUT2D eigenvalue weighted by Gasteiger charge is 2.17. The number of nitrogens with zero attached hydrogens (tertiary/aromatic N) is 4. The maximum absolute atomic E-state index is 12.6. The third kappa shape index (κ3) is 2.32. The van der Waals surface area contributed by atoms with Gasteiger partial charge >= 0.3 is 5.69 Å². The van der Waals surface area contributed by atoms with Crippen LogP contribution in [0.5, 0.6) is 0 Å². The van der Waals surface area contributed by atoms with Gasteiger partial charge < -0.3 is 0 Å². The second kappa shape index (κ2) is 5.39. The lowest BCUT2D eigenvalue weighted by molar-refractivity contribution is 0.531. The number of rotatable bonds is 3. The van der Waals surface area contributed by atoms with Crippen molar-refractivity contribution in [1.82, 2.24) is 18.9 Å². The molecule has 0 aliphatic rings. The van der Waals surface area contributed by atoms with Gasteiger partial charge in [-0.1, -0.05) is 36.9 Å². The van der Waals surface area contributed by atoms with Crippen LogP contribution in [0, 0.1) is 0 Å². The van der Waals surface area contributed by atoms with Crippen molar-refractivity contribution >= 4 is 16.7 Å². The molecule has 0 radical (unpaired) electrons. The van der Waals surface area contributed by atoms with E-state index in [1.807, 2.05) is 44.2 Å². The molecule has 0 aliphatic heterocycles. The van der Waals surface area contributed by atoms with Crippen LogP contribution in [-0.2, 0) is 7.05 Å². The molecule has 1 aromatic carbocycles. The summed E-state index contributed by atoms with van der Waals surface area (Å²) in [6.07, 6.45) is 1.63. The summed E-state index contributed by atoms with van der Waals surface area (Å²) >= 11 is 0. The Kier molecular flexibility index (Phi) is 3.52. The van der Waals surface area contributed by atoms with Crippen molar-refractivity contribution in [1.29, 1.82) is 0 Å². The highest BCUT2D eigenvalue weighted by molar-refractivity contribution is 5.76. The van der Waals surface area contributed by atoms with Gasteiger partial charge in [-0.15, -0.1) is 5.10 Å². The molecule has 6 nitrogen and oxygen atoms in total. The van der Waals surface area contributed by atoms with Gasteiger partial charge in [-0.3, -0.25) is 13.9 Å². The van der Waals surface area contributed by atoms with E-state index in [1.165, 1.54) is 9.13 Å². The fourth-order valence-electron chi connectivity index (χ4n) is 2.59. The standard InChI is InChI=1S/C17H18N4O2/c1-11(2)21-16(22)14-10-20(18-15(14)19(4)17(21)23)12(3)13-8-6-5-7-9-13/h5-11H,3H2,1-2,4H3. The minimum Gasteiger partial charge on any atom is -0.279 e. The first-order valence-corrected chi connectivity index (χ1v) is 7.37. The third-order valence-corrected chi connectivity index (χ3v) is 3.85. The number of aromatic nitrogens is 4. The third-order valence-electron chi connectivity index (χ3n) is 3.85. The van der Waals surface area contributed by atoms with Crippen LogP contribution in [0.1, 0.15) is 25.5 Å². The Morgan fingerprint density at radius 2 is 1.83 bits per heavy atom. The lowest BCUT2D eigenvalue weighted by atomic mass is 10.2. The zero-order chi connectivity index (χ0) is 16.7. The Balaban J connectivity index is 2.26. The summed E-state index contributed by atoms with van der Waals surface area (Å²) in [7, 11) is 1.62. The fourth-order valence-corrected chi connectivity index (χ4v) is 2.59. The average molecular weight is 310 g/mol. The molecule has 0 amide bonds. The van der Waals surface area contributed by atoms with Crippen molar-refractivity contribution in [2.24, 2.45) is 7.05 Å². The predicted octanol–water partition coefficient (Wildman–Crippen LogP) is 2.00. The summed E-state index contributed by atoms with van der Waals surface area (Å²) in [6, 6.07) is 9.35. The number of fused-ring (bicyclic) bond motifs is 1. The van der Waals surface area contributed by atoms with Gasteiger partial charge in [0.05, 0.1) is 5.70 Å². The molecule has 3 rings (SSSR count). The molecular formula is C17H18N4O2. The summed E-state index contributed by atoms with van der Waals surface area (Å²) in [4.78, 5) is 24.9. The van der Waals surface area contributed by atoms with Crippen LogP contribution in [-0.4, -0.2) is 18.9 Å². The Bertz CT molecular complexity index is 1010. The van der Waals surface area contributed by atoms with Crippen LogP contribution in [0.25, 0.3) is 16.7 Å². The predicted molar refractivity (Wildman–Crippen MR) is 90.5 cm³/mol. The zero-order valence-corrected chi connectivity index (χ0v) is 13.4. The lowest BCUT2D eigenvalue weighted by Gasteiger charge is -2.10. The Morgan fingerprint density at radius 1 is 1.17 bits per heavy atom. The van der Waals surface area contributed by atoms with Gasteiger partial charge in [-0.25, -0.2) is 9.48 Å². The molecule has 0 fully saturated rings. The molecule has 0 saturated carbocycles. The van der Waals surface area contributed by atoms with Gasteiger partial charge in [0, 0.05) is 19.3 Å². The SMILES string of the molecule is C=C(c1ccccc1)n1cc2c(=O)n(C(C)C)c(=O)n(C)c2n1. The van der Waals surface area contributed by atoms with Crippen LogP contribution in [0.2, 0.25) is 0 Å². The monoisotopic (exact) mass is 310 g/mol. The molecule has 2 aromatic heterocycles. The van der Waals surface area contributed by atoms with Crippen molar-refractivity contribution in [3.05, 3.63) is 69.5 Å². The maximum atomic E-state index is 12.6. The Morgan fingerprint density at radius 3 is 2.43 bits per heavy atom. The molecule has 0 unspecified atom stereocenters. The number of hydrogen-bond donors (Lipinski definition) is 0. The highest BCUT2D eigenvalue weighted by atomic mass is 16.2. The summed E-state index contributed by atoms with van der Waals surface area (Å²) in [6.45, 7) is 7.65. The number of hydrogen-bond acceptors (Lipinski definition) is 3. The largest absolute Gasteiger partial charge is 0.332 e. The summed E-state index contributed by atoms with van der Waals surface area (Å²) < 4.78 is 4.18. The molecule has 23 heavy (non-hydrogen) atoms. The van der Waals surface area contributed by atoms with E-state index in [1.54, 1.807) is 17.9 Å². The first-order valence-electron chi connectivity index (χ1n) is 7.37. The topological polar surface area (TPSA) is 61.8 Å². The van der Waals surface area contributed by atoms with Crippen LogP contribution >= 0.6 is 0 Å². The van der Waals surface area contributed by atoms with Crippen molar-refractivity contribution in [2.75, 3.05) is 0 Å². The molecular weight excluding hydrogens is 292 g/mol. The van der Waals surface area contributed by atoms with Crippen molar-refractivity contribution in [2.45, 2.75) is 19.9 Å². The molecule has 2 heterocycles. The molecule has 118 valence electrons. The number of aryl methyl sites for hydroxylation is 1. The maximum Gasteiger partial charge on any atom is 0.332 e. The molecule has 0 spiro atoms. The van der Waals surface area contributed by atoms with Crippen molar-refractivity contribution in [3.8, 4) is 0 Å². The fraction of sp³-hybridized carbons (Fsp3) is 0.235. The van der Waals surface area contributed by atoms with Gasteiger partial charge in [-0.2, -0.15) is 0 Å². The molecule has 0 saturated heterocycles. The van der Waals surface area contributed by atoms with Gasteiger partial charge in [0.25, 0.3) is 5.56 Å². The molecule has 0 N–H and O–H groups in total. The zero-order valence-electron chi connectivity index (χ0n) is 13.4. The van der Waals surface area contributed by atoms with E-state index >= 15 is 0 Å². The van der Waals surface area contributed by atoms with E-state index in [4.69, 9.17) is 0 Å². The van der Waals surface area contributed by atoms with E-state index < -0.39 is 0 Å². The van der Waals surface area contributed by atoms with Crippen LogP contribution in [0.4, 0.5) is 0 Å². The minimum atomic E-state index is -0.368. The quantitative estimate of drug-likeness (QED) is 0.743. The van der Waals surface area contributed by atoms with E-state index in [0.29, 0.717) is 16.7 Å². The first kappa shape index (κ1) is 15.0. The molecule has 0 bridgehead atoms.